The maximum absolute atomic E-state index is 11.4. The van der Waals surface area contributed by atoms with Crippen LogP contribution in [0.15, 0.2) is 10.4 Å². The summed E-state index contributed by atoms with van der Waals surface area (Å²) >= 11 is 1.66. The summed E-state index contributed by atoms with van der Waals surface area (Å²) in [5, 5.41) is 9.25. The monoisotopic (exact) mass is 283 g/mol. The lowest BCUT2D eigenvalue weighted by Crippen LogP contribution is -2.42. The van der Waals surface area contributed by atoms with E-state index in [4.69, 9.17) is 0 Å². The number of likely N-dealkylation sites (N-methyl/N-ethyl adjacent to an activating group) is 1. The SMILES string of the molecule is CCc1nc(CNC(=NC)NCC(=O)N(C)C)cs1. The Balaban J connectivity index is 2.39. The van der Waals surface area contributed by atoms with Gasteiger partial charge in [-0.3, -0.25) is 9.79 Å². The predicted octanol–water partition coefficient (Wildman–Crippen LogP) is 0.459. The van der Waals surface area contributed by atoms with Gasteiger partial charge in [-0.1, -0.05) is 6.92 Å². The number of guanidine groups is 1. The summed E-state index contributed by atoms with van der Waals surface area (Å²) in [7, 11) is 5.12. The first-order chi connectivity index (χ1) is 9.06. The molecule has 0 spiro atoms. The van der Waals surface area contributed by atoms with Crippen LogP contribution in [0.5, 0.6) is 0 Å². The molecule has 0 radical (unpaired) electrons. The van der Waals surface area contributed by atoms with Gasteiger partial charge in [0, 0.05) is 26.5 Å². The average Bonchev–Trinajstić information content (AvgIpc) is 2.86. The van der Waals surface area contributed by atoms with Crippen LogP contribution in [0, 0.1) is 0 Å². The Kier molecular flexibility index (Phi) is 6.27. The van der Waals surface area contributed by atoms with Gasteiger partial charge in [0.15, 0.2) is 5.96 Å². The highest BCUT2D eigenvalue weighted by molar-refractivity contribution is 7.09. The number of aliphatic imine (C=N–C) groups is 1. The van der Waals surface area contributed by atoms with Gasteiger partial charge in [0.25, 0.3) is 0 Å². The lowest BCUT2D eigenvalue weighted by molar-refractivity contribution is -0.127. The van der Waals surface area contributed by atoms with Crippen LogP contribution in [0.2, 0.25) is 0 Å². The van der Waals surface area contributed by atoms with Crippen LogP contribution in [-0.4, -0.2) is 49.4 Å². The Morgan fingerprint density at radius 1 is 1.47 bits per heavy atom. The van der Waals surface area contributed by atoms with Crippen molar-refractivity contribution in [3.8, 4) is 0 Å². The molecular weight excluding hydrogens is 262 g/mol. The Labute approximate surface area is 117 Å². The number of aryl methyl sites for hydroxylation is 1. The summed E-state index contributed by atoms with van der Waals surface area (Å²) in [6.07, 6.45) is 0.953. The van der Waals surface area contributed by atoms with Crippen molar-refractivity contribution in [2.24, 2.45) is 4.99 Å². The number of nitrogens with zero attached hydrogens (tertiary/aromatic N) is 3. The first kappa shape index (κ1) is 15.4. The second kappa shape index (κ2) is 7.73. The topological polar surface area (TPSA) is 69.6 Å². The molecule has 0 aliphatic rings. The van der Waals surface area contributed by atoms with E-state index < -0.39 is 0 Å². The molecular formula is C12H21N5OS. The molecule has 6 nitrogen and oxygen atoms in total. The van der Waals surface area contributed by atoms with E-state index in [1.807, 2.05) is 5.38 Å². The lowest BCUT2D eigenvalue weighted by Gasteiger charge is -2.13. The molecule has 0 aliphatic carbocycles. The maximum Gasteiger partial charge on any atom is 0.241 e. The molecule has 0 saturated heterocycles. The summed E-state index contributed by atoms with van der Waals surface area (Å²) in [5.41, 5.74) is 0.990. The smallest absolute Gasteiger partial charge is 0.241 e. The number of amides is 1. The highest BCUT2D eigenvalue weighted by Gasteiger charge is 2.06. The molecule has 106 valence electrons. The molecule has 1 aromatic rings. The Morgan fingerprint density at radius 3 is 2.74 bits per heavy atom. The number of aromatic nitrogens is 1. The van der Waals surface area contributed by atoms with Gasteiger partial charge in [-0.25, -0.2) is 4.98 Å². The molecule has 7 heteroatoms. The molecule has 0 unspecified atom stereocenters. The van der Waals surface area contributed by atoms with Gasteiger partial charge in [0.1, 0.15) is 0 Å². The van der Waals surface area contributed by atoms with Crippen molar-refractivity contribution in [3.63, 3.8) is 0 Å². The van der Waals surface area contributed by atoms with Gasteiger partial charge < -0.3 is 15.5 Å². The van der Waals surface area contributed by atoms with Crippen molar-refractivity contribution >= 4 is 23.2 Å². The van der Waals surface area contributed by atoms with Crippen LogP contribution >= 0.6 is 11.3 Å². The van der Waals surface area contributed by atoms with Crippen LogP contribution in [0.4, 0.5) is 0 Å². The fourth-order valence-electron chi connectivity index (χ4n) is 1.30. The first-order valence-electron chi connectivity index (χ1n) is 6.14. The minimum Gasteiger partial charge on any atom is -0.351 e. The molecule has 2 N–H and O–H groups in total. The minimum absolute atomic E-state index is 0.00452. The van der Waals surface area contributed by atoms with E-state index in [0.717, 1.165) is 17.1 Å². The Morgan fingerprint density at radius 2 is 2.21 bits per heavy atom. The molecule has 1 rings (SSSR count). The number of rotatable bonds is 5. The van der Waals surface area contributed by atoms with Gasteiger partial charge in [-0.05, 0) is 6.42 Å². The molecule has 1 aromatic heterocycles. The van der Waals surface area contributed by atoms with E-state index in [9.17, 15) is 4.79 Å². The van der Waals surface area contributed by atoms with Gasteiger partial charge in [0.05, 0.1) is 23.8 Å². The summed E-state index contributed by atoms with van der Waals surface area (Å²) < 4.78 is 0. The molecule has 19 heavy (non-hydrogen) atoms. The lowest BCUT2D eigenvalue weighted by atomic mass is 10.4. The van der Waals surface area contributed by atoms with E-state index >= 15 is 0 Å². The van der Waals surface area contributed by atoms with Gasteiger partial charge in [-0.2, -0.15) is 0 Å². The van der Waals surface area contributed by atoms with Crippen molar-refractivity contribution in [1.82, 2.24) is 20.5 Å². The maximum atomic E-state index is 11.4. The summed E-state index contributed by atoms with van der Waals surface area (Å²) in [5.74, 6) is 0.603. The molecule has 0 saturated carbocycles. The normalized spacial score (nSPS) is 11.3. The zero-order valence-electron chi connectivity index (χ0n) is 11.9. The van der Waals surface area contributed by atoms with Gasteiger partial charge >= 0.3 is 0 Å². The average molecular weight is 283 g/mol. The zero-order valence-corrected chi connectivity index (χ0v) is 12.7. The molecule has 1 heterocycles. The number of thiazole rings is 1. The van der Waals surface area contributed by atoms with Crippen molar-refractivity contribution in [2.75, 3.05) is 27.7 Å². The molecule has 1 amide bonds. The van der Waals surface area contributed by atoms with Crippen molar-refractivity contribution in [3.05, 3.63) is 16.1 Å². The number of carbonyl (C=O) groups excluding carboxylic acids is 1. The fourth-order valence-corrected chi connectivity index (χ4v) is 2.05. The summed E-state index contributed by atoms with van der Waals surface area (Å²) in [6, 6.07) is 0. The third-order valence-electron chi connectivity index (χ3n) is 2.47. The first-order valence-corrected chi connectivity index (χ1v) is 7.02. The van der Waals surface area contributed by atoms with E-state index in [1.54, 1.807) is 32.5 Å². The standard InChI is InChI=1S/C12H21N5OS/c1-5-10-16-9(8-19-10)6-14-12(13-2)15-7-11(18)17(3)4/h8H,5-7H2,1-4H3,(H2,13,14,15). The highest BCUT2D eigenvalue weighted by atomic mass is 32.1. The molecule has 0 aromatic carbocycles. The molecule has 0 atom stereocenters. The third kappa shape index (κ3) is 5.25. The summed E-state index contributed by atoms with van der Waals surface area (Å²) in [6.45, 7) is 2.92. The predicted molar refractivity (Wildman–Crippen MR) is 78.4 cm³/mol. The van der Waals surface area contributed by atoms with Crippen LogP contribution in [0.3, 0.4) is 0 Å². The van der Waals surface area contributed by atoms with E-state index in [2.05, 4.69) is 27.5 Å². The van der Waals surface area contributed by atoms with E-state index in [1.165, 1.54) is 4.90 Å². The minimum atomic E-state index is 0.00452. The van der Waals surface area contributed by atoms with E-state index in [0.29, 0.717) is 12.5 Å². The number of hydrogen-bond donors (Lipinski definition) is 2. The highest BCUT2D eigenvalue weighted by Crippen LogP contribution is 2.09. The van der Waals surface area contributed by atoms with Gasteiger partial charge in [0.2, 0.25) is 5.91 Å². The van der Waals surface area contributed by atoms with Crippen LogP contribution < -0.4 is 10.6 Å². The Hall–Kier alpha value is -1.63. The molecule has 0 fully saturated rings. The second-order valence-corrected chi connectivity index (χ2v) is 5.10. The third-order valence-corrected chi connectivity index (χ3v) is 3.51. The number of hydrogen-bond acceptors (Lipinski definition) is 4. The van der Waals surface area contributed by atoms with Crippen molar-refractivity contribution in [1.29, 1.82) is 0 Å². The quantitative estimate of drug-likeness (QED) is 0.608. The van der Waals surface area contributed by atoms with Crippen LogP contribution in [0.25, 0.3) is 0 Å². The van der Waals surface area contributed by atoms with E-state index in [-0.39, 0.29) is 12.5 Å². The Bertz CT molecular complexity index is 441. The van der Waals surface area contributed by atoms with Crippen LogP contribution in [-0.2, 0) is 17.8 Å². The number of nitrogens with one attached hydrogen (secondary N) is 2. The van der Waals surface area contributed by atoms with Gasteiger partial charge in [-0.15, -0.1) is 11.3 Å². The fraction of sp³-hybridized carbons (Fsp3) is 0.583. The molecule has 0 bridgehead atoms. The van der Waals surface area contributed by atoms with Crippen molar-refractivity contribution < 1.29 is 4.79 Å². The largest absolute Gasteiger partial charge is 0.351 e. The summed E-state index contributed by atoms with van der Waals surface area (Å²) in [4.78, 5) is 21.5. The van der Waals surface area contributed by atoms with Crippen molar-refractivity contribution in [2.45, 2.75) is 19.9 Å². The van der Waals surface area contributed by atoms with Crippen LogP contribution in [0.1, 0.15) is 17.6 Å². The zero-order chi connectivity index (χ0) is 14.3. The second-order valence-electron chi connectivity index (χ2n) is 4.15. The number of carbonyl (C=O) groups is 1. The molecule has 0 aliphatic heterocycles.